The topological polar surface area (TPSA) is 376 Å². The molecule has 24 heteroatoms. The van der Waals surface area contributed by atoms with E-state index in [9.17, 15) is 71.5 Å². The van der Waals surface area contributed by atoms with E-state index in [1.54, 1.807) is 0 Å². The fourth-order valence-electron chi connectivity index (χ4n) is 11.8. The van der Waals surface area contributed by atoms with Crippen molar-refractivity contribution in [3.63, 3.8) is 0 Å². The van der Waals surface area contributed by atoms with Gasteiger partial charge in [-0.05, 0) is 42.9 Å². The molecule has 0 aromatic rings. The van der Waals surface area contributed by atoms with Crippen molar-refractivity contribution in [3.05, 3.63) is 0 Å². The fraction of sp³-hybridized carbons (Fsp3) is 1.00. The van der Waals surface area contributed by atoms with E-state index in [-0.39, 0.29) is 11.8 Å². The van der Waals surface area contributed by atoms with Gasteiger partial charge in [0.2, 0.25) is 0 Å². The van der Waals surface area contributed by atoms with Crippen molar-refractivity contribution >= 4 is 0 Å². The van der Waals surface area contributed by atoms with Gasteiger partial charge in [0.25, 0.3) is 0 Å². The normalized spacial score (nSPS) is 44.2. The van der Waals surface area contributed by atoms with Gasteiger partial charge < -0.3 is 119 Å². The molecule has 75 heavy (non-hydrogen) atoms. The first kappa shape index (κ1) is 63.2. The van der Waals surface area contributed by atoms with Crippen molar-refractivity contribution in [2.45, 2.75) is 245 Å². The molecule has 6 rings (SSSR count). The van der Waals surface area contributed by atoms with Crippen molar-refractivity contribution in [1.82, 2.24) is 0 Å². The SMILES string of the molecule is CCCCCCCCCOC[C@@H]1[C@H](COCCCCCCCCC)[C@@H]2C[C@@H]1[C@H](O[C@@H]1O[C@H](CO)[C@@H](O[C@H]3O[C@H](CO)[C@@H](O)[C@H](O)[C@H]3O)[C@H](O)[C@H]1O)[C@@H]2O[C@@H]1O[C@H](CO)[C@@H](O[C@H]2O[C@H](CO)[C@@H](O)[C@H](O)[C@H]2O)[C@H](O)[C@H]1O. The van der Waals surface area contributed by atoms with Gasteiger partial charge in [0, 0.05) is 13.2 Å². The lowest BCUT2D eigenvalue weighted by molar-refractivity contribution is -0.378. The molecule has 0 unspecified atom stereocenters. The van der Waals surface area contributed by atoms with Crippen LogP contribution in [-0.4, -0.2) is 259 Å². The standard InChI is InChI=1S/C51H92O24/c1-3-5-7-9-11-13-15-17-66-24-28-26-19-27(29(28)25-67-18-16-14-12-10-8-6-4-2)45(73-51-43(65)39(61)47(33(23-55)71-51)75-49-41(63)37(59)35(57)31(21-53)69-49)44(26)72-50-42(64)38(60)46(32(22-54)70-50)74-48-40(62)36(58)34(56)30(20-52)68-48/h26-65H,3-25H2,1-2H3/t26-,27-,28-,29+,30+,31+,32+,33+,34+,35+,36-,37-,38+,39+,40+,41+,42+,43+,44-,45+,46+,47+,48+,49+,50-,51-/m0/s1. The first-order chi connectivity index (χ1) is 36.1. The Balaban J connectivity index is 1.22. The zero-order chi connectivity index (χ0) is 54.3. The number of aliphatic hydroxyl groups excluding tert-OH is 14. The Kier molecular flexibility index (Phi) is 26.4. The lowest BCUT2D eigenvalue weighted by Crippen LogP contribution is -2.66. The summed E-state index contributed by atoms with van der Waals surface area (Å²) in [5.41, 5.74) is 0. The van der Waals surface area contributed by atoms with Crippen molar-refractivity contribution in [1.29, 1.82) is 0 Å². The minimum atomic E-state index is -1.90. The molecule has 2 aliphatic carbocycles. The molecule has 0 spiro atoms. The zero-order valence-corrected chi connectivity index (χ0v) is 43.6. The van der Waals surface area contributed by atoms with Crippen molar-refractivity contribution < 1.29 is 119 Å². The van der Waals surface area contributed by atoms with Gasteiger partial charge in [-0.25, -0.2) is 0 Å². The molecule has 6 fully saturated rings. The Hall–Kier alpha value is -0.960. The second-order valence-electron chi connectivity index (χ2n) is 21.5. The van der Waals surface area contributed by atoms with Gasteiger partial charge in [0.05, 0.1) is 51.8 Å². The quantitative estimate of drug-likeness (QED) is 0.0308. The van der Waals surface area contributed by atoms with E-state index in [0.29, 0.717) is 32.8 Å². The van der Waals surface area contributed by atoms with Crippen LogP contribution in [0.25, 0.3) is 0 Å². The molecular weight excluding hydrogens is 997 g/mol. The van der Waals surface area contributed by atoms with Gasteiger partial charge in [-0.1, -0.05) is 90.9 Å². The van der Waals surface area contributed by atoms with Crippen molar-refractivity contribution in [2.75, 3.05) is 52.9 Å². The molecule has 0 aromatic heterocycles. The molecule has 26 atom stereocenters. The second kappa shape index (κ2) is 31.3. The van der Waals surface area contributed by atoms with E-state index < -0.39 is 173 Å². The molecule has 440 valence electrons. The fourth-order valence-corrected chi connectivity index (χ4v) is 11.8. The molecular formula is C51H92O24. The van der Waals surface area contributed by atoms with E-state index in [1.807, 2.05) is 0 Å². The summed E-state index contributed by atoms with van der Waals surface area (Å²) < 4.78 is 60.8. The Morgan fingerprint density at radius 1 is 0.333 bits per heavy atom. The highest BCUT2D eigenvalue weighted by atomic mass is 16.8. The second-order valence-corrected chi connectivity index (χ2v) is 21.5. The summed E-state index contributed by atoms with van der Waals surface area (Å²) >= 11 is 0. The Bertz CT molecular complexity index is 1460. The Morgan fingerprint density at radius 2 is 0.627 bits per heavy atom. The van der Waals surface area contributed by atoms with Gasteiger partial charge in [-0.2, -0.15) is 0 Å². The van der Waals surface area contributed by atoms with Crippen LogP contribution >= 0.6 is 0 Å². The largest absolute Gasteiger partial charge is 0.394 e. The number of aliphatic hydroxyl groups is 14. The van der Waals surface area contributed by atoms with Gasteiger partial charge in [0.1, 0.15) is 97.7 Å². The van der Waals surface area contributed by atoms with Crippen LogP contribution in [0.1, 0.15) is 110 Å². The smallest absolute Gasteiger partial charge is 0.187 e. The summed E-state index contributed by atoms with van der Waals surface area (Å²) in [6.07, 6.45) is -20.3. The monoisotopic (exact) mass is 1090 g/mol. The molecule has 6 aliphatic rings. The number of unbranched alkanes of at least 4 members (excludes halogenated alkanes) is 12. The highest BCUT2D eigenvalue weighted by Gasteiger charge is 2.63. The van der Waals surface area contributed by atoms with Crippen LogP contribution in [0.2, 0.25) is 0 Å². The summed E-state index contributed by atoms with van der Waals surface area (Å²) in [5, 5.41) is 150. The maximum absolute atomic E-state index is 11.7. The number of fused-ring (bicyclic) bond motifs is 2. The molecule has 0 aromatic carbocycles. The van der Waals surface area contributed by atoms with Crippen LogP contribution in [0, 0.1) is 23.7 Å². The number of rotatable bonds is 32. The predicted octanol–water partition coefficient (Wildman–Crippen LogP) is -2.58. The summed E-state index contributed by atoms with van der Waals surface area (Å²) in [4.78, 5) is 0. The van der Waals surface area contributed by atoms with Gasteiger partial charge in [0.15, 0.2) is 25.2 Å². The summed E-state index contributed by atoms with van der Waals surface area (Å²) in [7, 11) is 0. The lowest BCUT2D eigenvalue weighted by Gasteiger charge is -2.49. The third kappa shape index (κ3) is 15.7. The summed E-state index contributed by atoms with van der Waals surface area (Å²) in [6, 6.07) is 0. The Morgan fingerprint density at radius 3 is 0.960 bits per heavy atom. The molecule has 4 aliphatic heterocycles. The highest BCUT2D eigenvalue weighted by Crippen LogP contribution is 2.56. The predicted molar refractivity (Wildman–Crippen MR) is 259 cm³/mol. The molecule has 4 saturated heterocycles. The third-order valence-corrected chi connectivity index (χ3v) is 16.3. The highest BCUT2D eigenvalue weighted by molar-refractivity contribution is 5.09. The van der Waals surface area contributed by atoms with Crippen LogP contribution < -0.4 is 0 Å². The average molecular weight is 1090 g/mol. The van der Waals surface area contributed by atoms with E-state index in [1.165, 1.54) is 25.7 Å². The molecule has 2 saturated carbocycles. The number of hydrogen-bond donors (Lipinski definition) is 14. The molecule has 0 radical (unpaired) electrons. The van der Waals surface area contributed by atoms with Crippen molar-refractivity contribution in [3.8, 4) is 0 Å². The minimum Gasteiger partial charge on any atom is -0.394 e. The van der Waals surface area contributed by atoms with E-state index >= 15 is 0 Å². The molecule has 0 amide bonds. The van der Waals surface area contributed by atoms with Gasteiger partial charge in [-0.15, -0.1) is 0 Å². The summed E-state index contributed by atoms with van der Waals surface area (Å²) in [6.45, 7) is 2.84. The third-order valence-electron chi connectivity index (χ3n) is 16.3. The maximum atomic E-state index is 11.7. The van der Waals surface area contributed by atoms with Crippen LogP contribution in [0.4, 0.5) is 0 Å². The molecule has 24 nitrogen and oxygen atoms in total. The molecule has 2 bridgehead atoms. The van der Waals surface area contributed by atoms with E-state index in [0.717, 1.165) is 64.2 Å². The van der Waals surface area contributed by atoms with Crippen LogP contribution in [-0.2, 0) is 47.4 Å². The molecule has 14 N–H and O–H groups in total. The Labute approximate surface area is 439 Å². The minimum absolute atomic E-state index is 0.204. The number of hydrogen-bond acceptors (Lipinski definition) is 24. The average Bonchev–Trinajstić information content (AvgIpc) is 3.94. The number of ether oxygens (including phenoxy) is 10. The lowest BCUT2D eigenvalue weighted by atomic mass is 9.76. The van der Waals surface area contributed by atoms with E-state index in [2.05, 4.69) is 13.8 Å². The van der Waals surface area contributed by atoms with Crippen molar-refractivity contribution in [2.24, 2.45) is 23.7 Å². The maximum Gasteiger partial charge on any atom is 0.187 e. The van der Waals surface area contributed by atoms with Gasteiger partial charge in [-0.3, -0.25) is 0 Å². The summed E-state index contributed by atoms with van der Waals surface area (Å²) in [5.74, 6) is -1.20. The van der Waals surface area contributed by atoms with Crippen LogP contribution in [0.5, 0.6) is 0 Å². The zero-order valence-electron chi connectivity index (χ0n) is 43.6. The molecule has 4 heterocycles. The first-order valence-electron chi connectivity index (χ1n) is 27.8. The van der Waals surface area contributed by atoms with Gasteiger partial charge >= 0.3 is 0 Å². The van der Waals surface area contributed by atoms with Crippen LogP contribution in [0.3, 0.4) is 0 Å². The van der Waals surface area contributed by atoms with E-state index in [4.69, 9.17) is 47.4 Å². The van der Waals surface area contributed by atoms with Crippen LogP contribution in [0.15, 0.2) is 0 Å². The first-order valence-corrected chi connectivity index (χ1v) is 27.8.